The number of piperazine rings is 1. The number of benzene rings is 2. The number of aromatic nitrogens is 5. The molecule has 2 aliphatic heterocycles. The van der Waals surface area contributed by atoms with Gasteiger partial charge in [0.1, 0.15) is 0 Å². The Kier molecular flexibility index (Phi) is 8.37. The number of nitrogen functional groups attached to an aromatic ring is 1. The van der Waals surface area contributed by atoms with Gasteiger partial charge in [-0.25, -0.2) is 0 Å². The van der Waals surface area contributed by atoms with Crippen LogP contribution >= 0.6 is 0 Å². The lowest BCUT2D eigenvalue weighted by atomic mass is 10.0. The first kappa shape index (κ1) is 28.6. The van der Waals surface area contributed by atoms with Crippen molar-refractivity contribution in [3.63, 3.8) is 0 Å². The Labute approximate surface area is 259 Å². The van der Waals surface area contributed by atoms with Crippen molar-refractivity contribution in [2.45, 2.75) is 38.1 Å². The molecule has 2 aromatic carbocycles. The molecule has 10 heteroatoms. The SMILES string of the molecule is CN1CCN(C2CCN(C/C=C/c3ccc(Nc4nc(N)n(-c5cc6c(nn5)-c5ccccc5CCC6)n4)cc3)CC2)CC1. The summed E-state index contributed by atoms with van der Waals surface area (Å²) in [4.78, 5) is 12.1. The quantitative estimate of drug-likeness (QED) is 0.327. The number of rotatable bonds is 7. The van der Waals surface area contributed by atoms with Crippen molar-refractivity contribution in [2.24, 2.45) is 0 Å². The largest absolute Gasteiger partial charge is 0.368 e. The third kappa shape index (κ3) is 6.38. The maximum Gasteiger partial charge on any atom is 0.248 e. The van der Waals surface area contributed by atoms with Gasteiger partial charge >= 0.3 is 0 Å². The maximum atomic E-state index is 6.27. The van der Waals surface area contributed by atoms with Crippen molar-refractivity contribution in [1.29, 1.82) is 0 Å². The maximum absolute atomic E-state index is 6.27. The average Bonchev–Trinajstić information content (AvgIpc) is 3.31. The molecule has 2 aromatic heterocycles. The molecular formula is C34H42N10. The first-order chi connectivity index (χ1) is 21.6. The summed E-state index contributed by atoms with van der Waals surface area (Å²) in [7, 11) is 2.23. The summed E-state index contributed by atoms with van der Waals surface area (Å²) in [6.07, 6.45) is 10.1. The van der Waals surface area contributed by atoms with Crippen molar-refractivity contribution in [3.05, 3.63) is 77.4 Å². The predicted octanol–water partition coefficient (Wildman–Crippen LogP) is 4.26. The van der Waals surface area contributed by atoms with Crippen LogP contribution in [0.25, 0.3) is 23.2 Å². The Hall–Kier alpha value is -4.12. The molecule has 0 spiro atoms. The third-order valence-corrected chi connectivity index (χ3v) is 9.33. The first-order valence-electron chi connectivity index (χ1n) is 16.0. The van der Waals surface area contributed by atoms with E-state index < -0.39 is 0 Å². The molecule has 1 aliphatic carbocycles. The Morgan fingerprint density at radius 3 is 2.50 bits per heavy atom. The van der Waals surface area contributed by atoms with Crippen molar-refractivity contribution in [1.82, 2.24) is 39.7 Å². The molecule has 4 heterocycles. The van der Waals surface area contributed by atoms with E-state index in [2.05, 4.69) is 95.9 Å². The molecule has 0 saturated carbocycles. The van der Waals surface area contributed by atoms with Gasteiger partial charge in [0, 0.05) is 50.0 Å². The summed E-state index contributed by atoms with van der Waals surface area (Å²) in [6, 6.07) is 19.5. The van der Waals surface area contributed by atoms with Crippen LogP contribution in [0.1, 0.15) is 36.0 Å². The average molecular weight is 591 g/mol. The molecule has 0 atom stereocenters. The molecule has 2 fully saturated rings. The van der Waals surface area contributed by atoms with E-state index in [0.717, 1.165) is 54.4 Å². The van der Waals surface area contributed by atoms with E-state index in [1.165, 1.54) is 63.2 Å². The molecule has 7 rings (SSSR count). The van der Waals surface area contributed by atoms with Crippen molar-refractivity contribution in [3.8, 4) is 17.1 Å². The summed E-state index contributed by atoms with van der Waals surface area (Å²) in [6.45, 7) is 8.19. The van der Waals surface area contributed by atoms with Crippen LogP contribution in [0.4, 0.5) is 17.6 Å². The highest BCUT2D eigenvalue weighted by Crippen LogP contribution is 2.31. The standard InChI is InChI=1S/C34H42N10/c1-41-20-22-43(23-21-41)29-15-18-42(19-16-29)17-5-6-25-11-13-28(14-12-25)36-34-37-33(35)44(40-34)31-24-27-9-4-8-26-7-2-3-10-30(26)32(27)39-38-31/h2-3,5-7,10-14,24,29H,4,8-9,15-23H2,1H3,(H3,35,36,37,40)/b6-5+. The fraction of sp³-hybridized carbons (Fsp3) is 0.412. The third-order valence-electron chi connectivity index (χ3n) is 9.33. The monoisotopic (exact) mass is 590 g/mol. The zero-order valence-electron chi connectivity index (χ0n) is 25.6. The minimum absolute atomic E-state index is 0.267. The summed E-state index contributed by atoms with van der Waals surface area (Å²) in [5.41, 5.74) is 12.9. The van der Waals surface area contributed by atoms with Gasteiger partial charge in [-0.05, 0) is 87.1 Å². The molecule has 3 N–H and O–H groups in total. The van der Waals surface area contributed by atoms with E-state index in [9.17, 15) is 0 Å². The number of hydrogen-bond donors (Lipinski definition) is 2. The number of anilines is 3. The lowest BCUT2D eigenvalue weighted by molar-refractivity contribution is 0.0709. The number of likely N-dealkylation sites (N-methyl/N-ethyl adjacent to an activating group) is 1. The minimum Gasteiger partial charge on any atom is -0.368 e. The van der Waals surface area contributed by atoms with E-state index in [-0.39, 0.29) is 5.95 Å². The van der Waals surface area contributed by atoms with E-state index >= 15 is 0 Å². The van der Waals surface area contributed by atoms with Gasteiger partial charge in [0.05, 0.1) is 5.69 Å². The lowest BCUT2D eigenvalue weighted by Gasteiger charge is -2.41. The Morgan fingerprint density at radius 2 is 1.68 bits per heavy atom. The summed E-state index contributed by atoms with van der Waals surface area (Å²) in [5, 5.41) is 16.9. The van der Waals surface area contributed by atoms with Crippen LogP contribution in [0, 0.1) is 0 Å². The molecule has 3 aliphatic rings. The highest BCUT2D eigenvalue weighted by Gasteiger charge is 2.26. The molecule has 0 amide bonds. The number of nitrogens with two attached hydrogens (primary N) is 1. The van der Waals surface area contributed by atoms with Crippen LogP contribution in [0.15, 0.2) is 60.7 Å². The Morgan fingerprint density at radius 1 is 0.909 bits per heavy atom. The summed E-state index contributed by atoms with van der Waals surface area (Å²) in [5.74, 6) is 1.26. The molecule has 4 aromatic rings. The Balaban J connectivity index is 0.936. The number of hydrogen-bond acceptors (Lipinski definition) is 9. The normalized spacial score (nSPS) is 18.7. The Bertz CT molecular complexity index is 1590. The molecule has 2 saturated heterocycles. The van der Waals surface area contributed by atoms with Gasteiger partial charge in [-0.3, -0.25) is 9.80 Å². The predicted molar refractivity (Wildman–Crippen MR) is 176 cm³/mol. The van der Waals surface area contributed by atoms with Crippen LogP contribution in [0.3, 0.4) is 0 Å². The first-order valence-corrected chi connectivity index (χ1v) is 16.0. The molecule has 44 heavy (non-hydrogen) atoms. The van der Waals surface area contributed by atoms with Gasteiger partial charge in [-0.1, -0.05) is 48.6 Å². The number of likely N-dealkylation sites (tertiary alicyclic amines) is 1. The number of nitrogens with one attached hydrogen (secondary N) is 1. The highest BCUT2D eigenvalue weighted by molar-refractivity contribution is 5.68. The molecule has 228 valence electrons. The van der Waals surface area contributed by atoms with Crippen LogP contribution in [0.2, 0.25) is 0 Å². The van der Waals surface area contributed by atoms with Crippen molar-refractivity contribution >= 4 is 23.7 Å². The fourth-order valence-electron chi connectivity index (χ4n) is 6.72. The number of aryl methyl sites for hydroxylation is 2. The van der Waals surface area contributed by atoms with Gasteiger partial charge < -0.3 is 16.0 Å². The van der Waals surface area contributed by atoms with E-state index in [1.54, 1.807) is 4.68 Å². The summed E-state index contributed by atoms with van der Waals surface area (Å²) < 4.78 is 1.55. The zero-order valence-corrected chi connectivity index (χ0v) is 25.6. The number of piperidine rings is 1. The van der Waals surface area contributed by atoms with E-state index in [1.807, 2.05) is 18.2 Å². The number of nitrogens with zero attached hydrogens (tertiary/aromatic N) is 8. The van der Waals surface area contributed by atoms with E-state index in [0.29, 0.717) is 11.8 Å². The topological polar surface area (TPSA) is 104 Å². The zero-order chi connectivity index (χ0) is 29.9. The lowest BCUT2D eigenvalue weighted by Crippen LogP contribution is -2.52. The smallest absolute Gasteiger partial charge is 0.248 e. The van der Waals surface area contributed by atoms with Gasteiger partial charge in [-0.15, -0.1) is 15.3 Å². The van der Waals surface area contributed by atoms with Crippen LogP contribution < -0.4 is 11.1 Å². The second kappa shape index (κ2) is 12.9. The summed E-state index contributed by atoms with van der Waals surface area (Å²) >= 11 is 0. The minimum atomic E-state index is 0.267. The molecule has 0 radical (unpaired) electrons. The van der Waals surface area contributed by atoms with Gasteiger partial charge in [-0.2, -0.15) is 9.67 Å². The second-order valence-electron chi connectivity index (χ2n) is 12.3. The van der Waals surface area contributed by atoms with Gasteiger partial charge in [0.2, 0.25) is 11.9 Å². The van der Waals surface area contributed by atoms with Crippen LogP contribution in [0.5, 0.6) is 0 Å². The van der Waals surface area contributed by atoms with Crippen LogP contribution in [-0.2, 0) is 12.8 Å². The van der Waals surface area contributed by atoms with E-state index in [4.69, 9.17) is 5.73 Å². The van der Waals surface area contributed by atoms with Gasteiger partial charge in [0.15, 0.2) is 5.82 Å². The van der Waals surface area contributed by atoms with Crippen LogP contribution in [-0.4, -0.2) is 98.6 Å². The van der Waals surface area contributed by atoms with Crippen molar-refractivity contribution in [2.75, 3.05) is 63.9 Å². The second-order valence-corrected chi connectivity index (χ2v) is 12.3. The fourth-order valence-corrected chi connectivity index (χ4v) is 6.72. The molecule has 0 bridgehead atoms. The molecule has 0 unspecified atom stereocenters. The highest BCUT2D eigenvalue weighted by atomic mass is 15.4. The number of fused-ring (bicyclic) bond motifs is 3. The molecular weight excluding hydrogens is 548 g/mol. The molecule has 10 nitrogen and oxygen atoms in total. The van der Waals surface area contributed by atoms with Crippen molar-refractivity contribution < 1.29 is 0 Å². The van der Waals surface area contributed by atoms with Gasteiger partial charge in [0.25, 0.3) is 0 Å².